The monoisotopic (exact) mass is 445 g/mol. The Hall–Kier alpha value is -2.11. The fourth-order valence-electron chi connectivity index (χ4n) is 3.55. The molecule has 4 aromatic heterocycles. The van der Waals surface area contributed by atoms with Crippen molar-refractivity contribution < 1.29 is 4.79 Å². The highest BCUT2D eigenvalue weighted by atomic mass is 32.2. The van der Waals surface area contributed by atoms with Gasteiger partial charge < -0.3 is 0 Å². The van der Waals surface area contributed by atoms with Crippen LogP contribution in [0.2, 0.25) is 0 Å². The van der Waals surface area contributed by atoms with Crippen molar-refractivity contribution in [3.63, 3.8) is 0 Å². The van der Waals surface area contributed by atoms with Crippen LogP contribution >= 0.6 is 34.4 Å². The van der Waals surface area contributed by atoms with Crippen molar-refractivity contribution in [2.24, 2.45) is 5.92 Å². The van der Waals surface area contributed by atoms with Gasteiger partial charge in [0.2, 0.25) is 11.0 Å². The summed E-state index contributed by atoms with van der Waals surface area (Å²) in [4.78, 5) is 19.4. The molecule has 150 valence electrons. The number of carbonyl (C=O) groups excluding carboxylic acids is 1. The van der Waals surface area contributed by atoms with Crippen molar-refractivity contribution >= 4 is 61.3 Å². The van der Waals surface area contributed by atoms with Gasteiger partial charge in [-0.25, -0.2) is 4.98 Å². The van der Waals surface area contributed by atoms with Gasteiger partial charge in [0.15, 0.2) is 10.8 Å². The zero-order chi connectivity index (χ0) is 20.0. The molecular formula is C18H19N7OS3. The van der Waals surface area contributed by atoms with Crippen molar-refractivity contribution in [3.05, 3.63) is 21.8 Å². The maximum Gasteiger partial charge on any atom is 0.236 e. The van der Waals surface area contributed by atoms with E-state index in [9.17, 15) is 4.79 Å². The predicted molar refractivity (Wildman–Crippen MR) is 116 cm³/mol. The van der Waals surface area contributed by atoms with Crippen LogP contribution in [-0.4, -0.2) is 41.4 Å². The van der Waals surface area contributed by atoms with Gasteiger partial charge in [0.05, 0.1) is 11.1 Å². The Morgan fingerprint density at radius 1 is 1.31 bits per heavy atom. The number of carbonyl (C=O) groups is 1. The van der Waals surface area contributed by atoms with E-state index in [-0.39, 0.29) is 11.7 Å². The van der Waals surface area contributed by atoms with Crippen LogP contribution in [0.5, 0.6) is 0 Å². The molecule has 29 heavy (non-hydrogen) atoms. The number of thiophene rings is 1. The fraction of sp³-hybridized carbons (Fsp3) is 0.444. The lowest BCUT2D eigenvalue weighted by atomic mass is 9.89. The number of aromatic nitrogens is 6. The average Bonchev–Trinajstić information content (AvgIpc) is 3.41. The molecule has 4 aromatic rings. The summed E-state index contributed by atoms with van der Waals surface area (Å²) in [5.74, 6) is 0.802. The third-order valence-corrected chi connectivity index (χ3v) is 8.11. The number of thioether (sulfide) groups is 1. The first-order chi connectivity index (χ1) is 14.1. The van der Waals surface area contributed by atoms with Gasteiger partial charge >= 0.3 is 0 Å². The predicted octanol–water partition coefficient (Wildman–Crippen LogP) is 3.61. The van der Waals surface area contributed by atoms with Crippen LogP contribution < -0.4 is 5.32 Å². The number of amides is 1. The summed E-state index contributed by atoms with van der Waals surface area (Å²) in [6.07, 6.45) is 5.95. The molecule has 1 unspecified atom stereocenters. The molecule has 11 heteroatoms. The molecule has 0 spiro atoms. The van der Waals surface area contributed by atoms with Crippen molar-refractivity contribution in [1.29, 1.82) is 0 Å². The first-order valence-electron chi connectivity index (χ1n) is 9.51. The fourth-order valence-corrected chi connectivity index (χ4v) is 6.29. The lowest BCUT2D eigenvalue weighted by Crippen LogP contribution is -2.14. The van der Waals surface area contributed by atoms with E-state index in [0.29, 0.717) is 10.3 Å². The van der Waals surface area contributed by atoms with Gasteiger partial charge in [-0.15, -0.1) is 31.7 Å². The summed E-state index contributed by atoms with van der Waals surface area (Å²) >= 11 is 4.52. The summed E-state index contributed by atoms with van der Waals surface area (Å²) in [5.41, 5.74) is 2.22. The lowest BCUT2D eigenvalue weighted by molar-refractivity contribution is -0.113. The second kappa shape index (κ2) is 7.62. The van der Waals surface area contributed by atoms with E-state index < -0.39 is 0 Å². The van der Waals surface area contributed by atoms with E-state index >= 15 is 0 Å². The maximum absolute atomic E-state index is 12.3. The molecule has 1 N–H and O–H groups in total. The molecule has 0 fully saturated rings. The van der Waals surface area contributed by atoms with Gasteiger partial charge in [0.1, 0.15) is 16.2 Å². The molecule has 0 aromatic carbocycles. The van der Waals surface area contributed by atoms with Crippen LogP contribution in [0.4, 0.5) is 5.13 Å². The third-order valence-electron chi connectivity index (χ3n) is 5.02. The van der Waals surface area contributed by atoms with Gasteiger partial charge in [-0.3, -0.25) is 14.5 Å². The smallest absolute Gasteiger partial charge is 0.236 e. The minimum absolute atomic E-state index is 0.138. The Bertz CT molecular complexity index is 1210. The van der Waals surface area contributed by atoms with Gasteiger partial charge in [0, 0.05) is 4.88 Å². The number of hydrogen-bond donors (Lipinski definition) is 1. The number of aryl methyl sites for hydroxylation is 2. The second-order valence-corrected chi connectivity index (χ2v) is 10.2. The highest BCUT2D eigenvalue weighted by Gasteiger charge is 2.24. The van der Waals surface area contributed by atoms with Crippen LogP contribution in [0.1, 0.15) is 35.7 Å². The van der Waals surface area contributed by atoms with Crippen LogP contribution in [0.15, 0.2) is 11.5 Å². The quantitative estimate of drug-likeness (QED) is 0.469. The molecule has 0 radical (unpaired) electrons. The SMILES string of the molecule is CCc1nnc(NC(=O)CSc2nnc3c4c5c(sc4ncn23)CC(C)CC5)s1. The van der Waals surface area contributed by atoms with Gasteiger partial charge in [-0.2, -0.15) is 0 Å². The molecule has 0 saturated heterocycles. The molecule has 0 saturated carbocycles. The van der Waals surface area contributed by atoms with E-state index in [4.69, 9.17) is 0 Å². The summed E-state index contributed by atoms with van der Waals surface area (Å²) in [6.45, 7) is 4.31. The number of fused-ring (bicyclic) bond motifs is 5. The summed E-state index contributed by atoms with van der Waals surface area (Å²) in [5, 5.41) is 22.8. The molecule has 4 heterocycles. The van der Waals surface area contributed by atoms with Gasteiger partial charge in [-0.1, -0.05) is 36.9 Å². The molecule has 1 amide bonds. The average molecular weight is 446 g/mol. The first kappa shape index (κ1) is 18.9. The van der Waals surface area contributed by atoms with Crippen molar-refractivity contribution in [2.45, 2.75) is 44.7 Å². The van der Waals surface area contributed by atoms with Gasteiger partial charge in [0.25, 0.3) is 0 Å². The van der Waals surface area contributed by atoms with Gasteiger partial charge in [-0.05, 0) is 37.2 Å². The minimum Gasteiger partial charge on any atom is -0.300 e. The van der Waals surface area contributed by atoms with E-state index in [2.05, 4.69) is 37.6 Å². The van der Waals surface area contributed by atoms with E-state index in [1.807, 2.05) is 11.3 Å². The zero-order valence-corrected chi connectivity index (χ0v) is 18.5. The molecule has 5 rings (SSSR count). The summed E-state index contributed by atoms with van der Waals surface area (Å²) in [6, 6.07) is 0. The van der Waals surface area contributed by atoms with E-state index in [0.717, 1.165) is 46.1 Å². The molecule has 0 aliphatic heterocycles. The molecule has 1 atom stereocenters. The second-order valence-electron chi connectivity index (χ2n) is 7.14. The molecule has 1 aliphatic carbocycles. The molecule has 1 aliphatic rings. The molecule has 8 nitrogen and oxygen atoms in total. The summed E-state index contributed by atoms with van der Waals surface area (Å²) in [7, 11) is 0. The zero-order valence-electron chi connectivity index (χ0n) is 16.0. The topological polar surface area (TPSA) is 98.0 Å². The minimum atomic E-state index is -0.138. The Labute approximate surface area is 179 Å². The Balaban J connectivity index is 1.37. The van der Waals surface area contributed by atoms with Crippen molar-refractivity contribution in [1.82, 2.24) is 29.8 Å². The van der Waals surface area contributed by atoms with Crippen molar-refractivity contribution in [2.75, 3.05) is 11.1 Å². The first-order valence-corrected chi connectivity index (χ1v) is 12.1. The van der Waals surface area contributed by atoms with E-state index in [1.54, 1.807) is 17.7 Å². The van der Waals surface area contributed by atoms with Crippen molar-refractivity contribution in [3.8, 4) is 0 Å². The number of anilines is 1. The van der Waals surface area contributed by atoms with Crippen LogP contribution in [0.3, 0.4) is 0 Å². The Kier molecular flexibility index (Phi) is 4.96. The van der Waals surface area contributed by atoms with Crippen LogP contribution in [0, 0.1) is 5.92 Å². The summed E-state index contributed by atoms with van der Waals surface area (Å²) < 4.78 is 1.89. The normalized spacial score (nSPS) is 16.4. The number of hydrogen-bond acceptors (Lipinski definition) is 9. The largest absolute Gasteiger partial charge is 0.300 e. The standard InChI is InChI=1S/C18H19N7OS3/c1-3-13-21-23-17(29-13)20-12(26)7-27-18-24-22-15-14-10-5-4-9(2)6-11(10)28-16(14)19-8-25(15)18/h8-9H,3-7H2,1-2H3,(H,20,23,26). The highest BCUT2D eigenvalue weighted by Crippen LogP contribution is 2.39. The molecular weight excluding hydrogens is 426 g/mol. The number of nitrogens with one attached hydrogen (secondary N) is 1. The number of nitrogens with zero attached hydrogens (tertiary/aromatic N) is 6. The van der Waals surface area contributed by atoms with Crippen LogP contribution in [0.25, 0.3) is 15.9 Å². The number of rotatable bonds is 5. The van der Waals surface area contributed by atoms with Crippen LogP contribution in [-0.2, 0) is 24.1 Å². The lowest BCUT2D eigenvalue weighted by Gasteiger charge is -2.17. The third kappa shape index (κ3) is 3.51. The maximum atomic E-state index is 12.3. The molecule has 0 bridgehead atoms. The van der Waals surface area contributed by atoms with E-state index in [1.165, 1.54) is 40.0 Å². The Morgan fingerprint density at radius 3 is 3.03 bits per heavy atom. The highest BCUT2D eigenvalue weighted by molar-refractivity contribution is 7.99. The Morgan fingerprint density at radius 2 is 2.21 bits per heavy atom.